The lowest BCUT2D eigenvalue weighted by atomic mass is 10.2. The fraction of sp³-hybridized carbons (Fsp3) is 0.263. The molecule has 0 fully saturated rings. The zero-order chi connectivity index (χ0) is 16.9. The minimum atomic E-state index is 0.227. The summed E-state index contributed by atoms with van der Waals surface area (Å²) in [6.45, 7) is 4.61. The second-order valence-electron chi connectivity index (χ2n) is 5.94. The second kappa shape index (κ2) is 7.17. The Labute approximate surface area is 141 Å². The first kappa shape index (κ1) is 16.1. The van der Waals surface area contributed by atoms with Crippen molar-refractivity contribution in [2.75, 3.05) is 11.9 Å². The zero-order valence-corrected chi connectivity index (χ0v) is 14.1. The van der Waals surface area contributed by atoms with Gasteiger partial charge in [0.1, 0.15) is 5.75 Å². The van der Waals surface area contributed by atoms with Crippen LogP contribution in [-0.4, -0.2) is 17.2 Å². The van der Waals surface area contributed by atoms with E-state index in [4.69, 9.17) is 9.26 Å². The summed E-state index contributed by atoms with van der Waals surface area (Å²) in [5.74, 6) is 3.15. The number of benzene rings is 2. The molecule has 0 radical (unpaired) electrons. The van der Waals surface area contributed by atoms with Gasteiger partial charge in [-0.2, -0.15) is 4.98 Å². The molecule has 0 unspecified atom stereocenters. The molecule has 0 aliphatic carbocycles. The van der Waals surface area contributed by atoms with Gasteiger partial charge in [0.15, 0.2) is 11.6 Å². The van der Waals surface area contributed by atoms with Crippen molar-refractivity contribution in [2.24, 2.45) is 0 Å². The number of para-hydroxylation sites is 3. The first-order valence-corrected chi connectivity index (χ1v) is 7.99. The van der Waals surface area contributed by atoms with E-state index in [-0.39, 0.29) is 5.92 Å². The molecule has 0 spiro atoms. The van der Waals surface area contributed by atoms with Crippen LogP contribution in [0.25, 0.3) is 0 Å². The van der Waals surface area contributed by atoms with Crippen LogP contribution in [0.2, 0.25) is 0 Å². The van der Waals surface area contributed by atoms with E-state index in [1.54, 1.807) is 0 Å². The Morgan fingerprint density at radius 2 is 1.75 bits per heavy atom. The minimum Gasteiger partial charge on any atom is -0.455 e. The van der Waals surface area contributed by atoms with E-state index in [0.717, 1.165) is 17.2 Å². The summed E-state index contributed by atoms with van der Waals surface area (Å²) < 4.78 is 11.3. The number of rotatable bonds is 6. The normalized spacial score (nSPS) is 10.8. The molecule has 5 heteroatoms. The molecule has 5 nitrogen and oxygen atoms in total. The van der Waals surface area contributed by atoms with Gasteiger partial charge in [-0.05, 0) is 24.3 Å². The molecule has 0 N–H and O–H groups in total. The molecule has 0 bridgehead atoms. The van der Waals surface area contributed by atoms with Crippen molar-refractivity contribution >= 4 is 5.69 Å². The fourth-order valence-electron chi connectivity index (χ4n) is 2.34. The number of aromatic nitrogens is 2. The molecule has 0 saturated heterocycles. The summed E-state index contributed by atoms with van der Waals surface area (Å²) >= 11 is 0. The highest BCUT2D eigenvalue weighted by Crippen LogP contribution is 2.32. The Morgan fingerprint density at radius 3 is 2.46 bits per heavy atom. The van der Waals surface area contributed by atoms with Crippen molar-refractivity contribution in [1.29, 1.82) is 0 Å². The van der Waals surface area contributed by atoms with Crippen molar-refractivity contribution in [1.82, 2.24) is 10.1 Å². The van der Waals surface area contributed by atoms with Crippen LogP contribution in [0.5, 0.6) is 11.5 Å². The Kier molecular flexibility index (Phi) is 4.79. The van der Waals surface area contributed by atoms with Gasteiger partial charge in [-0.25, -0.2) is 0 Å². The maximum atomic E-state index is 6.01. The average molecular weight is 323 g/mol. The van der Waals surface area contributed by atoms with Crippen molar-refractivity contribution < 1.29 is 9.26 Å². The highest BCUT2D eigenvalue weighted by Gasteiger charge is 2.14. The molecular weight excluding hydrogens is 302 g/mol. The van der Waals surface area contributed by atoms with Crippen LogP contribution in [0, 0.1) is 0 Å². The fourth-order valence-corrected chi connectivity index (χ4v) is 2.34. The summed E-state index contributed by atoms with van der Waals surface area (Å²) in [4.78, 5) is 6.48. The van der Waals surface area contributed by atoms with Crippen LogP contribution < -0.4 is 9.64 Å². The van der Waals surface area contributed by atoms with E-state index in [1.807, 2.05) is 80.4 Å². The molecular formula is C19H21N3O2. The lowest BCUT2D eigenvalue weighted by molar-refractivity contribution is 0.360. The maximum Gasteiger partial charge on any atom is 0.229 e. The number of ether oxygens (including phenoxy) is 1. The monoisotopic (exact) mass is 323 g/mol. The molecule has 124 valence electrons. The Hall–Kier alpha value is -2.82. The number of anilines is 1. The van der Waals surface area contributed by atoms with Crippen molar-refractivity contribution in [3.63, 3.8) is 0 Å². The summed E-state index contributed by atoms with van der Waals surface area (Å²) in [6.07, 6.45) is 0. The van der Waals surface area contributed by atoms with Crippen LogP contribution in [-0.2, 0) is 6.54 Å². The van der Waals surface area contributed by atoms with Gasteiger partial charge < -0.3 is 14.2 Å². The molecule has 2 aromatic carbocycles. The molecule has 0 aliphatic rings. The van der Waals surface area contributed by atoms with Crippen LogP contribution in [0.1, 0.15) is 31.5 Å². The van der Waals surface area contributed by atoms with Gasteiger partial charge in [-0.15, -0.1) is 0 Å². The average Bonchev–Trinajstić information content (AvgIpc) is 3.05. The van der Waals surface area contributed by atoms with Gasteiger partial charge in [0.05, 0.1) is 12.2 Å². The van der Waals surface area contributed by atoms with Gasteiger partial charge in [0.2, 0.25) is 5.89 Å². The summed E-state index contributed by atoms with van der Waals surface area (Å²) in [5.41, 5.74) is 0.970. The number of hydrogen-bond acceptors (Lipinski definition) is 5. The third-order valence-electron chi connectivity index (χ3n) is 3.60. The molecule has 0 aliphatic heterocycles. The Morgan fingerprint density at radius 1 is 1.04 bits per heavy atom. The third kappa shape index (κ3) is 3.74. The van der Waals surface area contributed by atoms with E-state index in [0.29, 0.717) is 18.3 Å². The van der Waals surface area contributed by atoms with Crippen LogP contribution in [0.3, 0.4) is 0 Å². The molecule has 3 aromatic rings. The van der Waals surface area contributed by atoms with E-state index in [2.05, 4.69) is 10.1 Å². The van der Waals surface area contributed by atoms with E-state index >= 15 is 0 Å². The first-order chi connectivity index (χ1) is 11.6. The quantitative estimate of drug-likeness (QED) is 0.662. The molecule has 0 amide bonds. The standard InChI is InChI=1S/C19H21N3O2/c1-14(2)19-20-18(21-24-19)13-22(3)16-11-7-8-12-17(16)23-15-9-5-4-6-10-15/h4-12,14H,13H2,1-3H3. The van der Waals surface area contributed by atoms with Gasteiger partial charge in [0.25, 0.3) is 0 Å². The predicted octanol–water partition coefficient (Wildman–Crippen LogP) is 4.62. The van der Waals surface area contributed by atoms with Crippen LogP contribution in [0.4, 0.5) is 5.69 Å². The Bertz CT molecular complexity index is 784. The summed E-state index contributed by atoms with van der Waals surface area (Å²) in [5, 5.41) is 4.05. The Balaban J connectivity index is 1.78. The smallest absolute Gasteiger partial charge is 0.229 e. The largest absolute Gasteiger partial charge is 0.455 e. The van der Waals surface area contributed by atoms with Crippen LogP contribution in [0.15, 0.2) is 59.1 Å². The first-order valence-electron chi connectivity index (χ1n) is 7.99. The second-order valence-corrected chi connectivity index (χ2v) is 5.94. The molecule has 0 atom stereocenters. The zero-order valence-electron chi connectivity index (χ0n) is 14.1. The van der Waals surface area contributed by atoms with Crippen molar-refractivity contribution in [3.05, 3.63) is 66.3 Å². The van der Waals surface area contributed by atoms with E-state index in [1.165, 1.54) is 0 Å². The predicted molar refractivity (Wildman–Crippen MR) is 93.5 cm³/mol. The molecule has 24 heavy (non-hydrogen) atoms. The molecule has 1 heterocycles. The topological polar surface area (TPSA) is 51.4 Å². The molecule has 3 rings (SSSR count). The van der Waals surface area contributed by atoms with E-state index in [9.17, 15) is 0 Å². The number of hydrogen-bond donors (Lipinski definition) is 0. The lowest BCUT2D eigenvalue weighted by Crippen LogP contribution is -2.18. The third-order valence-corrected chi connectivity index (χ3v) is 3.60. The minimum absolute atomic E-state index is 0.227. The number of nitrogens with zero attached hydrogens (tertiary/aromatic N) is 3. The van der Waals surface area contributed by atoms with E-state index < -0.39 is 0 Å². The van der Waals surface area contributed by atoms with Crippen LogP contribution >= 0.6 is 0 Å². The summed E-state index contributed by atoms with van der Waals surface area (Å²) in [6, 6.07) is 17.7. The van der Waals surface area contributed by atoms with Gasteiger partial charge in [0, 0.05) is 13.0 Å². The molecule has 0 saturated carbocycles. The lowest BCUT2D eigenvalue weighted by Gasteiger charge is -2.20. The van der Waals surface area contributed by atoms with Gasteiger partial charge in [-0.1, -0.05) is 49.3 Å². The van der Waals surface area contributed by atoms with Crippen molar-refractivity contribution in [2.45, 2.75) is 26.3 Å². The van der Waals surface area contributed by atoms with Gasteiger partial charge in [-0.3, -0.25) is 0 Å². The van der Waals surface area contributed by atoms with Gasteiger partial charge >= 0.3 is 0 Å². The highest BCUT2D eigenvalue weighted by molar-refractivity contribution is 5.59. The summed E-state index contributed by atoms with van der Waals surface area (Å²) in [7, 11) is 1.98. The van der Waals surface area contributed by atoms with Crippen molar-refractivity contribution in [3.8, 4) is 11.5 Å². The maximum absolute atomic E-state index is 6.01. The highest BCUT2D eigenvalue weighted by atomic mass is 16.5. The SMILES string of the molecule is CC(C)c1nc(CN(C)c2ccccc2Oc2ccccc2)no1. The molecule has 1 aromatic heterocycles.